The molecule has 4 heterocycles. The van der Waals surface area contributed by atoms with E-state index in [1.807, 2.05) is 0 Å². The van der Waals surface area contributed by atoms with Crippen LogP contribution in [0.4, 0.5) is 5.13 Å². The molecule has 2 amide bonds. The van der Waals surface area contributed by atoms with Crippen molar-refractivity contribution in [3.05, 3.63) is 52.7 Å². The topological polar surface area (TPSA) is 199 Å². The van der Waals surface area contributed by atoms with Gasteiger partial charge in [0.25, 0.3) is 11.8 Å². The number of hydrogen-bond donors (Lipinski definition) is 3. The number of carbonyl (C=O) groups excluding carboxylic acids is 4. The zero-order chi connectivity index (χ0) is 29.0. The lowest BCUT2D eigenvalue weighted by Gasteiger charge is -2.49. The maximum atomic E-state index is 13.2. The van der Waals surface area contributed by atoms with Crippen LogP contribution in [0.5, 0.6) is 0 Å². The molecule has 2 aliphatic heterocycles. The van der Waals surface area contributed by atoms with Crippen LogP contribution in [0.2, 0.25) is 0 Å². The number of fused-ring (bicyclic) bond motifs is 1. The summed E-state index contributed by atoms with van der Waals surface area (Å²) in [6, 6.07) is -1.03. The molecule has 0 bridgehead atoms. The number of thioether (sulfide) groups is 1. The van der Waals surface area contributed by atoms with E-state index >= 15 is 0 Å². The van der Waals surface area contributed by atoms with Crippen molar-refractivity contribution >= 4 is 63.8 Å². The third-order valence-corrected chi connectivity index (χ3v) is 7.58. The number of hydrogen-bond acceptors (Lipinski definition) is 14. The number of esters is 2. The second-order valence-electron chi connectivity index (χ2n) is 9.49. The standard InChI is InChI=1S/C24H25N7O7S2/c1-24(2,3)22(35)38-11-37-21(34)17-13(5-4-12-6-26-10-27-7-12)8-39-20-16(19(33)31(17)20)29-18(32)15(30-36)14-9-40-23(25)28-14/h4-7,9-10,16,20,36H,8,11H2,1-3H3,(H2,25,28)(H,29,32)/b5-4-,30-15+/t16-,20-/m1/s1. The molecule has 2 aliphatic rings. The average Bonchev–Trinajstić information content (AvgIpc) is 3.35. The third-order valence-electron chi connectivity index (χ3n) is 5.61. The summed E-state index contributed by atoms with van der Waals surface area (Å²) in [4.78, 5) is 64.3. The Bertz CT molecular complexity index is 1420. The summed E-state index contributed by atoms with van der Waals surface area (Å²) < 4.78 is 10.2. The van der Waals surface area contributed by atoms with Crippen LogP contribution in [-0.2, 0) is 28.7 Å². The SMILES string of the molecule is CC(C)(C)C(=O)OCOC(=O)C1=C(/C=C\c2cncnc2)CS[C@@H]2[C@H](NC(=O)/C(=N/O)c3csc(N)n3)C(=O)N12. The van der Waals surface area contributed by atoms with Gasteiger partial charge in [0.05, 0.1) is 5.41 Å². The molecule has 0 aliphatic carbocycles. The van der Waals surface area contributed by atoms with Gasteiger partial charge in [-0.1, -0.05) is 17.3 Å². The smallest absolute Gasteiger partial charge is 0.358 e. The number of nitrogens with zero attached hydrogens (tertiary/aromatic N) is 5. The predicted octanol–water partition coefficient (Wildman–Crippen LogP) is 1.15. The van der Waals surface area contributed by atoms with Gasteiger partial charge in [0, 0.05) is 29.1 Å². The van der Waals surface area contributed by atoms with Gasteiger partial charge in [-0.3, -0.25) is 19.3 Å². The maximum Gasteiger partial charge on any atom is 0.358 e. The molecule has 4 rings (SSSR count). The first-order valence-electron chi connectivity index (χ1n) is 11.7. The van der Waals surface area contributed by atoms with Crippen molar-refractivity contribution in [3.63, 3.8) is 0 Å². The summed E-state index contributed by atoms with van der Waals surface area (Å²) in [5, 5.41) is 15.9. The van der Waals surface area contributed by atoms with E-state index in [1.54, 1.807) is 45.3 Å². The highest BCUT2D eigenvalue weighted by molar-refractivity contribution is 8.00. The van der Waals surface area contributed by atoms with E-state index in [-0.39, 0.29) is 22.3 Å². The molecule has 16 heteroatoms. The van der Waals surface area contributed by atoms with E-state index in [1.165, 1.54) is 28.4 Å². The Kier molecular flexibility index (Phi) is 8.49. The van der Waals surface area contributed by atoms with Crippen molar-refractivity contribution < 1.29 is 33.9 Å². The Morgan fingerprint density at radius 2 is 1.98 bits per heavy atom. The summed E-state index contributed by atoms with van der Waals surface area (Å²) in [5.74, 6) is -2.61. The summed E-state index contributed by atoms with van der Waals surface area (Å²) in [7, 11) is 0. The van der Waals surface area contributed by atoms with E-state index < -0.39 is 53.1 Å². The molecule has 0 aromatic carbocycles. The van der Waals surface area contributed by atoms with Gasteiger partial charge in [0.1, 0.15) is 29.1 Å². The lowest BCUT2D eigenvalue weighted by molar-refractivity contribution is -0.173. The molecule has 40 heavy (non-hydrogen) atoms. The summed E-state index contributed by atoms with van der Waals surface area (Å²) in [5.41, 5.74) is 5.50. The van der Waals surface area contributed by atoms with E-state index in [4.69, 9.17) is 15.2 Å². The number of amides is 2. The molecule has 210 valence electrons. The van der Waals surface area contributed by atoms with Crippen LogP contribution in [0.3, 0.4) is 0 Å². The number of β-lactam (4-membered cyclic amide) rings is 1. The second kappa shape index (κ2) is 11.8. The molecular formula is C24H25N7O7S2. The lowest BCUT2D eigenvalue weighted by Crippen LogP contribution is -2.71. The quantitative estimate of drug-likeness (QED) is 0.0995. The minimum absolute atomic E-state index is 0.0497. The summed E-state index contributed by atoms with van der Waals surface area (Å²) in [6.07, 6.45) is 7.84. The number of aromatic nitrogens is 3. The Morgan fingerprint density at radius 3 is 2.60 bits per heavy atom. The zero-order valence-electron chi connectivity index (χ0n) is 21.6. The number of carbonyl (C=O) groups is 4. The average molecular weight is 588 g/mol. The van der Waals surface area contributed by atoms with Crippen LogP contribution >= 0.6 is 23.1 Å². The highest BCUT2D eigenvalue weighted by atomic mass is 32.2. The number of oxime groups is 1. The van der Waals surface area contributed by atoms with Crippen molar-refractivity contribution in [3.8, 4) is 0 Å². The van der Waals surface area contributed by atoms with Gasteiger partial charge < -0.3 is 25.7 Å². The monoisotopic (exact) mass is 587 g/mol. The molecule has 1 saturated heterocycles. The summed E-state index contributed by atoms with van der Waals surface area (Å²) >= 11 is 2.35. The highest BCUT2D eigenvalue weighted by Gasteiger charge is 2.54. The predicted molar refractivity (Wildman–Crippen MR) is 144 cm³/mol. The number of ether oxygens (including phenoxy) is 2. The van der Waals surface area contributed by atoms with Crippen LogP contribution in [-0.4, -0.2) is 78.5 Å². The number of thiazole rings is 1. The van der Waals surface area contributed by atoms with Gasteiger partial charge >= 0.3 is 11.9 Å². The number of nitrogens with one attached hydrogen (secondary N) is 1. The van der Waals surface area contributed by atoms with Crippen LogP contribution in [0.1, 0.15) is 32.0 Å². The summed E-state index contributed by atoms with van der Waals surface area (Å²) in [6.45, 7) is 4.32. The van der Waals surface area contributed by atoms with Gasteiger partial charge in [-0.05, 0) is 26.3 Å². The fourth-order valence-electron chi connectivity index (χ4n) is 3.59. The Balaban J connectivity index is 1.54. The Hall–Kier alpha value is -4.31. The molecular weight excluding hydrogens is 562 g/mol. The normalized spacial score (nSPS) is 19.2. The van der Waals surface area contributed by atoms with E-state index in [0.717, 1.165) is 11.3 Å². The lowest BCUT2D eigenvalue weighted by atomic mass is 9.98. The maximum absolute atomic E-state index is 13.2. The molecule has 2 aromatic rings. The third kappa shape index (κ3) is 6.12. The number of allylic oxidation sites excluding steroid dienone is 1. The number of nitrogen functional groups attached to an aromatic ring is 1. The molecule has 0 unspecified atom stereocenters. The molecule has 14 nitrogen and oxygen atoms in total. The van der Waals surface area contributed by atoms with E-state index in [2.05, 4.69) is 25.4 Å². The largest absolute Gasteiger partial charge is 0.427 e. The molecule has 0 spiro atoms. The van der Waals surface area contributed by atoms with Crippen LogP contribution < -0.4 is 11.1 Å². The molecule has 2 atom stereocenters. The minimum atomic E-state index is -1.03. The first-order chi connectivity index (χ1) is 19.0. The first-order valence-corrected chi connectivity index (χ1v) is 13.6. The fourth-order valence-corrected chi connectivity index (χ4v) is 5.46. The van der Waals surface area contributed by atoms with Gasteiger partial charge in [0.15, 0.2) is 10.8 Å². The van der Waals surface area contributed by atoms with Crippen LogP contribution in [0.25, 0.3) is 6.08 Å². The molecule has 0 saturated carbocycles. The van der Waals surface area contributed by atoms with Crippen molar-refractivity contribution in [1.29, 1.82) is 0 Å². The van der Waals surface area contributed by atoms with Gasteiger partial charge in [0.2, 0.25) is 6.79 Å². The first kappa shape index (κ1) is 28.7. The Labute approximate surface area is 236 Å². The molecule has 2 aromatic heterocycles. The van der Waals surface area contributed by atoms with Gasteiger partial charge in [-0.2, -0.15) is 0 Å². The van der Waals surface area contributed by atoms with E-state index in [0.29, 0.717) is 11.1 Å². The van der Waals surface area contributed by atoms with Crippen molar-refractivity contribution in [1.82, 2.24) is 25.2 Å². The second-order valence-corrected chi connectivity index (χ2v) is 11.5. The molecule has 4 N–H and O–H groups in total. The highest BCUT2D eigenvalue weighted by Crippen LogP contribution is 2.41. The van der Waals surface area contributed by atoms with Crippen molar-refractivity contribution in [2.24, 2.45) is 10.6 Å². The number of anilines is 1. The molecule has 0 radical (unpaired) electrons. The van der Waals surface area contributed by atoms with Gasteiger partial charge in [-0.15, -0.1) is 23.1 Å². The van der Waals surface area contributed by atoms with Crippen molar-refractivity contribution in [2.75, 3.05) is 18.3 Å². The zero-order valence-corrected chi connectivity index (χ0v) is 23.2. The fraction of sp³-hybridized carbons (Fsp3) is 0.333. The number of nitrogens with two attached hydrogens (primary N) is 1. The van der Waals surface area contributed by atoms with Crippen LogP contribution in [0, 0.1) is 5.41 Å². The molecule has 1 fully saturated rings. The van der Waals surface area contributed by atoms with E-state index in [9.17, 15) is 24.4 Å². The minimum Gasteiger partial charge on any atom is -0.427 e. The van der Waals surface area contributed by atoms with Gasteiger partial charge in [-0.25, -0.2) is 19.7 Å². The van der Waals surface area contributed by atoms with Crippen molar-refractivity contribution in [2.45, 2.75) is 32.2 Å². The van der Waals surface area contributed by atoms with Crippen LogP contribution in [0.15, 0.2) is 46.6 Å². The Morgan fingerprint density at radius 1 is 1.25 bits per heavy atom. The number of rotatable bonds is 8.